The molecular weight excluding hydrogens is 372 g/mol. The van der Waals surface area contributed by atoms with Crippen molar-refractivity contribution in [3.8, 4) is 10.7 Å². The minimum absolute atomic E-state index is 0.0156. The van der Waals surface area contributed by atoms with Crippen LogP contribution >= 0.6 is 11.3 Å². The molecule has 0 unspecified atom stereocenters. The lowest BCUT2D eigenvalue weighted by Gasteiger charge is -2.21. The second kappa shape index (κ2) is 8.58. The second-order valence-corrected chi connectivity index (χ2v) is 7.08. The van der Waals surface area contributed by atoms with Gasteiger partial charge >= 0.3 is 0 Å². The van der Waals surface area contributed by atoms with Crippen molar-refractivity contribution in [1.82, 2.24) is 19.9 Å². The minimum Gasteiger partial charge on any atom is -0.467 e. The maximum Gasteiger partial charge on any atom is 0.229 e. The zero-order chi connectivity index (χ0) is 19.2. The number of hydrogen-bond acceptors (Lipinski definition) is 6. The first-order valence-corrected chi connectivity index (χ1v) is 9.71. The predicted octanol–water partition coefficient (Wildman–Crippen LogP) is 3.96. The molecule has 4 aromatic rings. The highest BCUT2D eigenvalue weighted by Gasteiger charge is 2.18. The quantitative estimate of drug-likeness (QED) is 0.477. The van der Waals surface area contributed by atoms with E-state index in [1.165, 1.54) is 11.3 Å². The number of thiazole rings is 1. The molecule has 0 fully saturated rings. The van der Waals surface area contributed by atoms with Crippen LogP contribution in [0.1, 0.15) is 17.0 Å². The van der Waals surface area contributed by atoms with Crippen molar-refractivity contribution in [2.24, 2.45) is 0 Å². The van der Waals surface area contributed by atoms with Crippen LogP contribution in [-0.4, -0.2) is 25.8 Å². The van der Waals surface area contributed by atoms with Gasteiger partial charge in [-0.2, -0.15) is 0 Å². The first-order valence-electron chi connectivity index (χ1n) is 8.83. The molecule has 0 saturated heterocycles. The van der Waals surface area contributed by atoms with Crippen molar-refractivity contribution in [3.63, 3.8) is 0 Å². The molecule has 28 heavy (non-hydrogen) atoms. The summed E-state index contributed by atoms with van der Waals surface area (Å²) in [5.41, 5.74) is 2.52. The standard InChI is InChI=1S/C21H18N4O2S/c26-20(11-17-15-28-21(24-17)19-7-1-2-9-23-19)25(14-18-6-4-10-27-18)13-16-5-3-8-22-12-16/h1-10,12,15H,11,13-14H2. The molecular formula is C21H18N4O2S. The van der Waals surface area contributed by atoms with Gasteiger partial charge in [0.25, 0.3) is 0 Å². The van der Waals surface area contributed by atoms with E-state index in [9.17, 15) is 4.79 Å². The Morgan fingerprint density at radius 2 is 2.04 bits per heavy atom. The summed E-state index contributed by atoms with van der Waals surface area (Å²) < 4.78 is 5.43. The number of furan rings is 1. The van der Waals surface area contributed by atoms with Gasteiger partial charge in [-0.25, -0.2) is 4.98 Å². The summed E-state index contributed by atoms with van der Waals surface area (Å²) >= 11 is 1.49. The van der Waals surface area contributed by atoms with E-state index in [2.05, 4.69) is 15.0 Å². The summed E-state index contributed by atoms with van der Waals surface area (Å²) in [6.07, 6.45) is 7.06. The fourth-order valence-corrected chi connectivity index (χ4v) is 3.59. The van der Waals surface area contributed by atoms with Crippen molar-refractivity contribution in [1.29, 1.82) is 0 Å². The molecule has 4 rings (SSSR count). The van der Waals surface area contributed by atoms with Gasteiger partial charge in [0.05, 0.1) is 30.6 Å². The lowest BCUT2D eigenvalue weighted by atomic mass is 10.2. The molecule has 0 aliphatic heterocycles. The molecule has 140 valence electrons. The van der Waals surface area contributed by atoms with Crippen molar-refractivity contribution >= 4 is 17.2 Å². The number of carbonyl (C=O) groups excluding carboxylic acids is 1. The molecule has 4 aromatic heterocycles. The molecule has 4 heterocycles. The number of carbonyl (C=O) groups is 1. The van der Waals surface area contributed by atoms with E-state index in [0.29, 0.717) is 13.1 Å². The SMILES string of the molecule is O=C(Cc1csc(-c2ccccn2)n1)N(Cc1cccnc1)Cc1ccco1. The third-order valence-corrected chi connectivity index (χ3v) is 5.06. The highest BCUT2D eigenvalue weighted by atomic mass is 32.1. The Bertz CT molecular complexity index is 1020. The molecule has 6 nitrogen and oxygen atoms in total. The van der Waals surface area contributed by atoms with Crippen LogP contribution in [0.5, 0.6) is 0 Å². The van der Waals surface area contributed by atoms with Gasteiger partial charge in [0, 0.05) is 30.5 Å². The fraction of sp³-hybridized carbons (Fsp3) is 0.143. The predicted molar refractivity (Wildman–Crippen MR) is 106 cm³/mol. The van der Waals surface area contributed by atoms with Crippen LogP contribution in [0, 0.1) is 0 Å². The van der Waals surface area contributed by atoms with Crippen molar-refractivity contribution in [3.05, 3.63) is 89.7 Å². The van der Waals surface area contributed by atoms with Gasteiger partial charge in [0.1, 0.15) is 10.8 Å². The molecule has 0 bridgehead atoms. The Kier molecular flexibility index (Phi) is 5.53. The summed E-state index contributed by atoms with van der Waals surface area (Å²) in [5.74, 6) is 0.725. The topological polar surface area (TPSA) is 72.1 Å². The second-order valence-electron chi connectivity index (χ2n) is 6.23. The minimum atomic E-state index is -0.0156. The van der Waals surface area contributed by atoms with Crippen molar-refractivity contribution < 1.29 is 9.21 Å². The molecule has 0 aliphatic carbocycles. The largest absolute Gasteiger partial charge is 0.467 e. The van der Waals surface area contributed by atoms with E-state index >= 15 is 0 Å². The highest BCUT2D eigenvalue weighted by molar-refractivity contribution is 7.13. The van der Waals surface area contributed by atoms with Gasteiger partial charge in [-0.15, -0.1) is 11.3 Å². The van der Waals surface area contributed by atoms with E-state index in [0.717, 1.165) is 27.7 Å². The van der Waals surface area contributed by atoms with Gasteiger partial charge < -0.3 is 9.32 Å². The van der Waals surface area contributed by atoms with Crippen LogP contribution in [-0.2, 0) is 24.3 Å². The number of nitrogens with zero attached hydrogens (tertiary/aromatic N) is 4. The zero-order valence-corrected chi connectivity index (χ0v) is 15.9. The third kappa shape index (κ3) is 4.50. The van der Waals surface area contributed by atoms with Gasteiger partial charge in [-0.05, 0) is 35.9 Å². The Balaban J connectivity index is 1.49. The van der Waals surface area contributed by atoms with Crippen LogP contribution < -0.4 is 0 Å². The molecule has 0 spiro atoms. The van der Waals surface area contributed by atoms with E-state index in [4.69, 9.17) is 4.42 Å². The number of pyridine rings is 2. The van der Waals surface area contributed by atoms with E-state index in [1.54, 1.807) is 29.8 Å². The summed E-state index contributed by atoms with van der Waals surface area (Å²) in [6, 6.07) is 13.2. The van der Waals surface area contributed by atoms with E-state index < -0.39 is 0 Å². The maximum atomic E-state index is 13.0. The fourth-order valence-electron chi connectivity index (χ4n) is 2.80. The lowest BCUT2D eigenvalue weighted by molar-refractivity contribution is -0.132. The Labute approximate surface area is 166 Å². The Morgan fingerprint density at radius 3 is 2.79 bits per heavy atom. The first-order chi connectivity index (χ1) is 13.8. The van der Waals surface area contributed by atoms with Crippen molar-refractivity contribution in [2.75, 3.05) is 0 Å². The number of rotatable bonds is 7. The van der Waals surface area contributed by atoms with Crippen molar-refractivity contribution in [2.45, 2.75) is 19.5 Å². The third-order valence-electron chi connectivity index (χ3n) is 4.14. The summed E-state index contributed by atoms with van der Waals surface area (Å²) in [6.45, 7) is 0.864. The number of hydrogen-bond donors (Lipinski definition) is 0. The smallest absolute Gasteiger partial charge is 0.229 e. The van der Waals surface area contributed by atoms with Crippen LogP contribution in [0.2, 0.25) is 0 Å². The van der Waals surface area contributed by atoms with E-state index in [-0.39, 0.29) is 12.3 Å². The molecule has 0 N–H and O–H groups in total. The molecule has 1 amide bonds. The average molecular weight is 390 g/mol. The Hall–Kier alpha value is -3.32. The van der Waals surface area contributed by atoms with Gasteiger partial charge in [-0.1, -0.05) is 12.1 Å². The summed E-state index contributed by atoms with van der Waals surface area (Å²) in [5, 5.41) is 2.73. The van der Waals surface area contributed by atoms with Crippen LogP contribution in [0.25, 0.3) is 10.7 Å². The van der Waals surface area contributed by atoms with Crippen LogP contribution in [0.15, 0.2) is 77.1 Å². The Morgan fingerprint density at radius 1 is 1.07 bits per heavy atom. The first kappa shape index (κ1) is 18.1. The monoisotopic (exact) mass is 390 g/mol. The molecule has 0 saturated carbocycles. The van der Waals surface area contributed by atoms with Crippen LogP contribution in [0.3, 0.4) is 0 Å². The maximum absolute atomic E-state index is 13.0. The van der Waals surface area contributed by atoms with Gasteiger partial charge in [0.2, 0.25) is 5.91 Å². The lowest BCUT2D eigenvalue weighted by Crippen LogP contribution is -2.31. The van der Waals surface area contributed by atoms with Crippen LogP contribution in [0.4, 0.5) is 0 Å². The molecule has 0 aliphatic rings. The van der Waals surface area contributed by atoms with E-state index in [1.807, 2.05) is 47.8 Å². The normalized spacial score (nSPS) is 10.7. The highest BCUT2D eigenvalue weighted by Crippen LogP contribution is 2.22. The summed E-state index contributed by atoms with van der Waals surface area (Å²) in [4.78, 5) is 27.8. The van der Waals surface area contributed by atoms with Gasteiger partial charge in [-0.3, -0.25) is 14.8 Å². The number of amides is 1. The summed E-state index contributed by atoms with van der Waals surface area (Å²) in [7, 11) is 0. The zero-order valence-electron chi connectivity index (χ0n) is 15.1. The molecule has 0 atom stereocenters. The average Bonchev–Trinajstić information content (AvgIpc) is 3.41. The molecule has 0 radical (unpaired) electrons. The molecule has 0 aromatic carbocycles. The van der Waals surface area contributed by atoms with Gasteiger partial charge in [0.15, 0.2) is 0 Å². The number of aromatic nitrogens is 3. The molecule has 7 heteroatoms.